The second-order valence-corrected chi connectivity index (χ2v) is 5.37. The zero-order valence-corrected chi connectivity index (χ0v) is 10.8. The van der Waals surface area contributed by atoms with Crippen LogP contribution in [0.3, 0.4) is 0 Å². The summed E-state index contributed by atoms with van der Waals surface area (Å²) in [5.41, 5.74) is -0.226. The lowest BCUT2D eigenvalue weighted by Gasteiger charge is -2.26. The number of rotatable bonds is 4. The van der Waals surface area contributed by atoms with Crippen molar-refractivity contribution in [1.82, 2.24) is 14.8 Å². The van der Waals surface area contributed by atoms with Crippen molar-refractivity contribution in [2.75, 3.05) is 13.7 Å². The average molecular weight is 239 g/mol. The van der Waals surface area contributed by atoms with Crippen molar-refractivity contribution in [3.05, 3.63) is 11.6 Å². The van der Waals surface area contributed by atoms with E-state index in [0.29, 0.717) is 5.92 Å². The third-order valence-electron chi connectivity index (χ3n) is 3.52. The molecule has 1 aromatic rings. The van der Waals surface area contributed by atoms with Crippen LogP contribution in [0.4, 0.5) is 0 Å². The molecule has 2 heterocycles. The second-order valence-electron chi connectivity index (χ2n) is 5.37. The summed E-state index contributed by atoms with van der Waals surface area (Å²) in [6.45, 7) is 5.15. The molecule has 1 aliphatic rings. The van der Waals surface area contributed by atoms with Gasteiger partial charge in [0.1, 0.15) is 11.6 Å². The fourth-order valence-corrected chi connectivity index (χ4v) is 2.18. The molecule has 1 aromatic heterocycles. The number of fused-ring (bicyclic) bond motifs is 1. The Bertz CT molecular complexity index is 387. The Morgan fingerprint density at radius 2 is 2.24 bits per heavy atom. The number of ether oxygens (including phenoxy) is 1. The summed E-state index contributed by atoms with van der Waals surface area (Å²) in [6.07, 6.45) is 2.66. The van der Waals surface area contributed by atoms with Crippen LogP contribution in [0.5, 0.6) is 0 Å². The van der Waals surface area contributed by atoms with Gasteiger partial charge in [-0.2, -0.15) is 0 Å². The minimum absolute atomic E-state index is 0.226. The van der Waals surface area contributed by atoms with Gasteiger partial charge in [0.2, 0.25) is 0 Å². The predicted octanol–water partition coefficient (Wildman–Crippen LogP) is 0.800. The first-order valence-electron chi connectivity index (χ1n) is 6.12. The number of nitrogens with zero attached hydrogens (tertiary/aromatic N) is 3. The number of aliphatic hydroxyl groups is 1. The lowest BCUT2D eigenvalue weighted by molar-refractivity contribution is 0.0204. The Morgan fingerprint density at radius 3 is 2.88 bits per heavy atom. The van der Waals surface area contributed by atoms with Gasteiger partial charge in [0.15, 0.2) is 0 Å². The van der Waals surface area contributed by atoms with Crippen LogP contribution in [0.1, 0.15) is 31.9 Å². The third-order valence-corrected chi connectivity index (χ3v) is 3.52. The van der Waals surface area contributed by atoms with Gasteiger partial charge in [0.25, 0.3) is 0 Å². The summed E-state index contributed by atoms with van der Waals surface area (Å²) in [5, 5.41) is 17.7. The standard InChI is InChI=1S/C12H21N3O2/c1-12(2,17-3)6-11-14-13-10-5-4-9(8-16)7-15(10)11/h9,16H,4-8H2,1-3H3. The van der Waals surface area contributed by atoms with Crippen LogP contribution in [-0.4, -0.2) is 39.2 Å². The minimum Gasteiger partial charge on any atom is -0.396 e. The van der Waals surface area contributed by atoms with Crippen molar-refractivity contribution in [2.45, 2.75) is 45.3 Å². The highest BCUT2D eigenvalue weighted by molar-refractivity contribution is 5.02. The zero-order valence-electron chi connectivity index (χ0n) is 10.8. The Labute approximate surface area is 102 Å². The normalized spacial score (nSPS) is 20.4. The van der Waals surface area contributed by atoms with E-state index < -0.39 is 0 Å². The monoisotopic (exact) mass is 239 g/mol. The van der Waals surface area contributed by atoms with E-state index in [1.807, 2.05) is 13.8 Å². The fraction of sp³-hybridized carbons (Fsp3) is 0.833. The van der Waals surface area contributed by atoms with Gasteiger partial charge < -0.3 is 14.4 Å². The summed E-state index contributed by atoms with van der Waals surface area (Å²) in [7, 11) is 1.71. The molecule has 5 nitrogen and oxygen atoms in total. The van der Waals surface area contributed by atoms with Crippen LogP contribution in [0, 0.1) is 5.92 Å². The molecule has 2 rings (SSSR count). The van der Waals surface area contributed by atoms with Crippen molar-refractivity contribution in [3.8, 4) is 0 Å². The summed E-state index contributed by atoms with van der Waals surface area (Å²) < 4.78 is 7.57. The van der Waals surface area contributed by atoms with Gasteiger partial charge in [-0.05, 0) is 20.3 Å². The number of hydrogen-bond acceptors (Lipinski definition) is 4. The molecule has 1 atom stereocenters. The maximum atomic E-state index is 9.24. The van der Waals surface area contributed by atoms with Crippen molar-refractivity contribution in [1.29, 1.82) is 0 Å². The SMILES string of the molecule is COC(C)(C)Cc1nnc2n1CC(CO)CC2. The van der Waals surface area contributed by atoms with Gasteiger partial charge in [-0.25, -0.2) is 0 Å². The molecule has 0 fully saturated rings. The summed E-state index contributed by atoms with van der Waals surface area (Å²) in [6, 6.07) is 0. The van der Waals surface area contributed by atoms with E-state index in [0.717, 1.165) is 37.5 Å². The smallest absolute Gasteiger partial charge is 0.135 e. The molecular weight excluding hydrogens is 218 g/mol. The zero-order chi connectivity index (χ0) is 12.5. The molecule has 0 aliphatic carbocycles. The van der Waals surface area contributed by atoms with Crippen LogP contribution in [0.2, 0.25) is 0 Å². The number of methoxy groups -OCH3 is 1. The van der Waals surface area contributed by atoms with E-state index in [2.05, 4.69) is 14.8 Å². The number of aliphatic hydroxyl groups excluding tert-OH is 1. The fourth-order valence-electron chi connectivity index (χ4n) is 2.18. The molecule has 17 heavy (non-hydrogen) atoms. The van der Waals surface area contributed by atoms with Gasteiger partial charge in [-0.15, -0.1) is 10.2 Å². The van der Waals surface area contributed by atoms with E-state index in [1.165, 1.54) is 0 Å². The van der Waals surface area contributed by atoms with Crippen molar-refractivity contribution in [3.63, 3.8) is 0 Å². The van der Waals surface area contributed by atoms with Crippen LogP contribution in [-0.2, 0) is 24.1 Å². The third kappa shape index (κ3) is 2.66. The van der Waals surface area contributed by atoms with Gasteiger partial charge in [-0.3, -0.25) is 0 Å². The minimum atomic E-state index is -0.226. The molecule has 0 aromatic carbocycles. The number of aromatic nitrogens is 3. The summed E-state index contributed by atoms with van der Waals surface area (Å²) in [4.78, 5) is 0. The number of aryl methyl sites for hydroxylation is 1. The number of hydrogen-bond donors (Lipinski definition) is 1. The Morgan fingerprint density at radius 1 is 1.47 bits per heavy atom. The quantitative estimate of drug-likeness (QED) is 0.844. The van der Waals surface area contributed by atoms with Crippen LogP contribution in [0.15, 0.2) is 0 Å². The Kier molecular flexibility index (Phi) is 3.49. The van der Waals surface area contributed by atoms with E-state index in [9.17, 15) is 5.11 Å². The van der Waals surface area contributed by atoms with Crippen LogP contribution >= 0.6 is 0 Å². The van der Waals surface area contributed by atoms with Gasteiger partial charge in [0.05, 0.1) is 5.60 Å². The predicted molar refractivity (Wildman–Crippen MR) is 63.7 cm³/mol. The highest BCUT2D eigenvalue weighted by atomic mass is 16.5. The first kappa shape index (κ1) is 12.5. The molecular formula is C12H21N3O2. The van der Waals surface area contributed by atoms with E-state index >= 15 is 0 Å². The molecule has 0 amide bonds. The van der Waals surface area contributed by atoms with Crippen molar-refractivity contribution in [2.24, 2.45) is 5.92 Å². The lowest BCUT2D eigenvalue weighted by Crippen LogP contribution is -2.30. The Balaban J connectivity index is 2.18. The van der Waals surface area contributed by atoms with Crippen LogP contribution < -0.4 is 0 Å². The van der Waals surface area contributed by atoms with Crippen LogP contribution in [0.25, 0.3) is 0 Å². The van der Waals surface area contributed by atoms with Crippen molar-refractivity contribution >= 4 is 0 Å². The molecule has 0 saturated heterocycles. The molecule has 5 heteroatoms. The maximum absolute atomic E-state index is 9.24. The summed E-state index contributed by atoms with van der Waals surface area (Å²) in [5.74, 6) is 2.34. The average Bonchev–Trinajstić information content (AvgIpc) is 2.71. The first-order valence-corrected chi connectivity index (χ1v) is 6.12. The molecule has 1 unspecified atom stereocenters. The molecule has 96 valence electrons. The topological polar surface area (TPSA) is 60.2 Å². The van der Waals surface area contributed by atoms with Crippen molar-refractivity contribution < 1.29 is 9.84 Å². The van der Waals surface area contributed by atoms with Gasteiger partial charge in [0, 0.05) is 39.0 Å². The Hall–Kier alpha value is -0.940. The van der Waals surface area contributed by atoms with Gasteiger partial charge >= 0.3 is 0 Å². The highest BCUT2D eigenvalue weighted by Crippen LogP contribution is 2.22. The molecule has 1 aliphatic heterocycles. The summed E-state index contributed by atoms with van der Waals surface area (Å²) >= 11 is 0. The van der Waals surface area contributed by atoms with E-state index in [1.54, 1.807) is 7.11 Å². The molecule has 0 spiro atoms. The highest BCUT2D eigenvalue weighted by Gasteiger charge is 2.26. The molecule has 0 saturated carbocycles. The second kappa shape index (κ2) is 4.74. The van der Waals surface area contributed by atoms with E-state index in [-0.39, 0.29) is 12.2 Å². The largest absolute Gasteiger partial charge is 0.396 e. The molecule has 0 bridgehead atoms. The van der Waals surface area contributed by atoms with Gasteiger partial charge in [-0.1, -0.05) is 0 Å². The van der Waals surface area contributed by atoms with E-state index in [4.69, 9.17) is 4.74 Å². The molecule has 0 radical (unpaired) electrons. The maximum Gasteiger partial charge on any atom is 0.135 e. The lowest BCUT2D eigenvalue weighted by atomic mass is 9.99. The first-order chi connectivity index (χ1) is 8.05. The molecule has 1 N–H and O–H groups in total.